The first-order chi connectivity index (χ1) is 66.9. The highest BCUT2D eigenvalue weighted by molar-refractivity contribution is 6.20. The van der Waals surface area contributed by atoms with Crippen LogP contribution in [0.1, 0.15) is 132 Å². The highest BCUT2D eigenvalue weighted by Crippen LogP contribution is 2.69. The van der Waals surface area contributed by atoms with E-state index in [1.807, 2.05) is 0 Å². The summed E-state index contributed by atoms with van der Waals surface area (Å²) in [6.45, 7) is -5.42. The number of aliphatic hydroxyl groups is 3. The number of esters is 10. The van der Waals surface area contributed by atoms with E-state index >= 15 is 47.9 Å². The van der Waals surface area contributed by atoms with Crippen molar-refractivity contribution in [2.45, 2.75) is 85.5 Å². The van der Waals surface area contributed by atoms with Crippen molar-refractivity contribution in [3.8, 4) is 239 Å². The fourth-order valence-electron chi connectivity index (χ4n) is 18.7. The molecule has 1 saturated heterocycles. The number of carbonyl (C=O) groups excluding carboxylic acids is 10. The Bertz CT molecular complexity index is 7590. The molecule has 8 unspecified atom stereocenters. The third-order valence-corrected chi connectivity index (χ3v) is 25.1. The molecule has 0 aliphatic carbocycles. The number of hydrogen-bond donors (Lipinski definition) is 33. The highest BCUT2D eigenvalue weighted by atomic mass is 16.7. The van der Waals surface area contributed by atoms with E-state index in [9.17, 15) is 169 Å². The second-order valence-electron chi connectivity index (χ2n) is 32.6. The molecule has 11 aliphatic rings. The highest BCUT2D eigenvalue weighted by Gasteiger charge is 2.62. The van der Waals surface area contributed by atoms with Crippen molar-refractivity contribution in [2.24, 2.45) is 0 Å². The molecule has 736 valence electrons. The molecule has 1 fully saturated rings. The van der Waals surface area contributed by atoms with E-state index < -0.39 is 477 Å². The summed E-state index contributed by atoms with van der Waals surface area (Å²) in [5.74, 6) is -85.7. The van der Waals surface area contributed by atoms with Gasteiger partial charge in [-0.1, -0.05) is 0 Å². The number of hydrogen-bond acceptors (Lipinski definition) is 55. The van der Waals surface area contributed by atoms with Crippen LogP contribution in [0, 0.1) is 0 Å². The summed E-state index contributed by atoms with van der Waals surface area (Å²) < 4.78 is 71.2. The Morgan fingerprint density at radius 3 is 0.824 bits per heavy atom. The molecule has 33 N–H and O–H groups in total. The monoisotopic (exact) mass is 1980 g/mol. The lowest BCUT2D eigenvalue weighted by molar-refractivity contribution is -0.297. The molecule has 11 heterocycles. The largest absolute Gasteiger partial charge is 0.504 e. The summed E-state index contributed by atoms with van der Waals surface area (Å²) >= 11 is 0. The van der Waals surface area contributed by atoms with Crippen molar-refractivity contribution >= 4 is 59.7 Å². The number of fused-ring (bicyclic) bond motifs is 14. The fourth-order valence-corrected chi connectivity index (χ4v) is 18.7. The van der Waals surface area contributed by atoms with E-state index in [0.29, 0.717) is 0 Å². The van der Waals surface area contributed by atoms with Crippen molar-refractivity contribution in [2.75, 3.05) is 19.8 Å². The third kappa shape index (κ3) is 12.5. The number of carbonyl (C=O) groups is 10. The second kappa shape index (κ2) is 31.4. The molecule has 0 radical (unpaired) electrons. The fraction of sp³-hybridized carbons (Fsp3) is 0.195. The number of benzene rings is 10. The van der Waals surface area contributed by atoms with Crippen molar-refractivity contribution in [1.82, 2.24) is 0 Å². The van der Waals surface area contributed by atoms with Gasteiger partial charge in [-0.25, -0.2) is 47.9 Å². The number of phenolic OH excluding ortho intramolecular Hbond substituents is 30. The minimum Gasteiger partial charge on any atom is -0.504 e. The predicted octanol–water partition coefficient (Wildman–Crippen LogP) is 1.51. The molecule has 142 heavy (non-hydrogen) atoms. The van der Waals surface area contributed by atoms with Crippen LogP contribution in [0.5, 0.6) is 172 Å². The van der Waals surface area contributed by atoms with E-state index in [1.165, 1.54) is 0 Å². The van der Waals surface area contributed by atoms with Crippen molar-refractivity contribution in [3.05, 3.63) is 103 Å². The van der Waals surface area contributed by atoms with Gasteiger partial charge in [-0.15, -0.1) is 0 Å². The number of aromatic hydroxyl groups is 30. The first kappa shape index (κ1) is 91.8. The molecule has 0 amide bonds. The summed E-state index contributed by atoms with van der Waals surface area (Å²) in [4.78, 5) is 161. The molecular formula is C87H58O55. The lowest BCUT2D eigenvalue weighted by Crippen LogP contribution is -2.58. The molecule has 55 nitrogen and oxygen atoms in total. The summed E-state index contributed by atoms with van der Waals surface area (Å²) in [5.41, 5.74) is -43.5. The van der Waals surface area contributed by atoms with Crippen LogP contribution in [0.3, 0.4) is 0 Å². The van der Waals surface area contributed by atoms with Crippen molar-refractivity contribution in [1.29, 1.82) is 0 Å². The van der Waals surface area contributed by atoms with E-state index in [2.05, 4.69) is 0 Å². The Morgan fingerprint density at radius 2 is 0.458 bits per heavy atom. The molecule has 55 heteroatoms. The second-order valence-corrected chi connectivity index (χ2v) is 32.6. The average Bonchev–Trinajstić information content (AvgIpc) is 0.967. The zero-order valence-electron chi connectivity index (χ0n) is 69.3. The third-order valence-electron chi connectivity index (χ3n) is 25.1. The first-order valence-corrected chi connectivity index (χ1v) is 40.2. The average molecular weight is 1980 g/mol. The van der Waals surface area contributed by atoms with Gasteiger partial charge in [0.15, 0.2) is 170 Å². The quantitative estimate of drug-likeness (QED) is 0.0677. The number of aliphatic hydroxyl groups excluding tert-OH is 3. The van der Waals surface area contributed by atoms with Gasteiger partial charge in [0.25, 0.3) is 0 Å². The van der Waals surface area contributed by atoms with Crippen LogP contribution < -0.4 is 0 Å². The van der Waals surface area contributed by atoms with Gasteiger partial charge in [0.1, 0.15) is 37.6 Å². The molecule has 10 aromatic rings. The Morgan fingerprint density at radius 1 is 0.211 bits per heavy atom. The molecule has 10 aromatic carbocycles. The van der Waals surface area contributed by atoms with E-state index in [4.69, 9.17) is 56.8 Å². The Balaban J connectivity index is 0.922. The molecule has 0 aromatic heterocycles. The van der Waals surface area contributed by atoms with Gasteiger partial charge in [-0.05, 0) is 30.3 Å². The zero-order chi connectivity index (χ0) is 103. The molecular weight excluding hydrogens is 1920 g/mol. The van der Waals surface area contributed by atoms with Gasteiger partial charge in [0.2, 0.25) is 57.5 Å². The van der Waals surface area contributed by atoms with Crippen LogP contribution in [0.4, 0.5) is 0 Å². The first-order valence-electron chi connectivity index (χ1n) is 40.2. The van der Waals surface area contributed by atoms with Gasteiger partial charge in [-0.3, -0.25) is 0 Å². The van der Waals surface area contributed by atoms with Crippen LogP contribution in [0.15, 0.2) is 30.3 Å². The SMILES string of the molecule is O=C1OCC2OC(=O)c3cc(O)c(O)c(O)c3-c3c(O)c(O)c(O)c4c3C(=O)OC(C2OC(=O)c2cc(O)c(O)c(O)c2-c2c1cc(O)c(O)c2O)C1OC(=O)c2c-4c(O)c(O)c(O)c2[C@@H]1c1c(O)c(O)c(O)c2c1C(=O)OCC1OC(=O)c3cc(O)c(O)c(O)c3-c3c(O)c(O)c(O)c4c3C(=O)OC(C1OC(=O)c1cc(O)c(O)c(O)c1-2)C1OC(=O)c2c-4c(O)c(O)c(O)c2[C@@H]1O[C@@H]1OC[C@@H](O)[C@H](O)[C@@H]1O. The molecule has 0 spiro atoms. The number of rotatable bonds is 3. The lowest BCUT2D eigenvalue weighted by Gasteiger charge is -2.44. The minimum atomic E-state index is -3.70. The number of ether oxygens (including phenoxy) is 12. The van der Waals surface area contributed by atoms with Crippen LogP contribution in [-0.2, 0) is 56.8 Å². The molecule has 11 aliphatic heterocycles. The molecule has 0 saturated carbocycles. The van der Waals surface area contributed by atoms with Gasteiger partial charge >= 0.3 is 59.7 Å². The van der Waals surface area contributed by atoms with Gasteiger partial charge in [0, 0.05) is 83.5 Å². The summed E-state index contributed by atoms with van der Waals surface area (Å²) in [6.07, 6.45) is -40.3. The Kier molecular flexibility index (Phi) is 20.3. The summed E-state index contributed by atoms with van der Waals surface area (Å²) in [7, 11) is 0. The molecule has 14 atom stereocenters. The number of phenols is 30. The molecule has 21 rings (SSSR count). The van der Waals surface area contributed by atoms with E-state index in [-0.39, 0.29) is 30.3 Å². The maximum Gasteiger partial charge on any atom is 0.340 e. The zero-order valence-corrected chi connectivity index (χ0v) is 69.3. The lowest BCUT2D eigenvalue weighted by atomic mass is 9.72. The van der Waals surface area contributed by atoms with Gasteiger partial charge < -0.3 is 225 Å². The van der Waals surface area contributed by atoms with Crippen LogP contribution in [0.25, 0.3) is 66.8 Å². The van der Waals surface area contributed by atoms with E-state index in [0.717, 1.165) is 0 Å². The standard InChI is InChI=1S/C87H58O55/c88-14-1-9-22(49(100)43(14)94)23-10(2-15(89)44(95)50(23)101)80(124)136-70-20(7-131-77(9)121)134-78(122)11-3-16(90)45(96)51(102)24(11)28-38-30(57(108)64(115)55(28)106)31-40-35(62(113)67(118)58(31)109)36(72(138-83(40)127)74(70)139-84(38)128)34-37-27(54(105)66(117)61(34)112)26-13(5-18(92)47(98)53(26)104)81(125)137-71-21(8-132-82(37)126)135-79(123)12-4-17(91)46(97)52(103)25(12)29-39-32(59(110)65(116)56(29)107)33-41-42(63(114)68(119)60(33)111)73(76(141-86(41)130)75(71)140-85(39)129)142-87-69(120)48(99)19(93)6-133-87/h1-5,19-21,36,48,69-76,87-120H,6-8H2/t19-,20?,21?,36+,48+,69+,70?,71?,72?,73+,74?,75?,76?,87+/m1/s1. The number of cyclic esters (lactones) is 2. The topological polar surface area (TPSA) is 949 Å². The smallest absolute Gasteiger partial charge is 0.340 e. The van der Waals surface area contributed by atoms with Crippen molar-refractivity contribution in [3.63, 3.8) is 0 Å². The van der Waals surface area contributed by atoms with Crippen molar-refractivity contribution < 1.29 is 273 Å². The van der Waals surface area contributed by atoms with Crippen LogP contribution in [0.2, 0.25) is 0 Å². The minimum absolute atomic E-state index is 0.0646. The Labute approximate surface area is 777 Å². The maximum absolute atomic E-state index is 17.1. The molecule has 12 bridgehead atoms. The van der Waals surface area contributed by atoms with Gasteiger partial charge in [-0.2, -0.15) is 0 Å². The van der Waals surface area contributed by atoms with Crippen LogP contribution in [-0.4, -0.2) is 321 Å². The Hall–Kier alpha value is -19.3. The normalized spacial score (nSPS) is 23.0. The van der Waals surface area contributed by atoms with Crippen LogP contribution >= 0.6 is 0 Å². The predicted molar refractivity (Wildman–Crippen MR) is 436 cm³/mol. The summed E-state index contributed by atoms with van der Waals surface area (Å²) in [5, 5.41) is 394. The van der Waals surface area contributed by atoms with Gasteiger partial charge in [0.05, 0.1) is 68.2 Å². The van der Waals surface area contributed by atoms with E-state index in [1.54, 1.807) is 0 Å². The maximum atomic E-state index is 17.1. The summed E-state index contributed by atoms with van der Waals surface area (Å²) in [6, 6.07) is 0.363.